The van der Waals surface area contributed by atoms with E-state index in [1.165, 1.54) is 18.0 Å². The highest BCUT2D eigenvalue weighted by atomic mass is 32.2. The van der Waals surface area contributed by atoms with E-state index in [2.05, 4.69) is 20.6 Å². The Kier molecular flexibility index (Phi) is 5.07. The van der Waals surface area contributed by atoms with Crippen LogP contribution in [0, 0.1) is 0 Å². The van der Waals surface area contributed by atoms with Gasteiger partial charge in [-0.05, 0) is 12.1 Å². The van der Waals surface area contributed by atoms with Crippen molar-refractivity contribution in [1.29, 1.82) is 0 Å². The average molecular weight is 344 g/mol. The molecule has 24 heavy (non-hydrogen) atoms. The maximum atomic E-state index is 12.3. The zero-order valence-electron chi connectivity index (χ0n) is 12.7. The van der Waals surface area contributed by atoms with Gasteiger partial charge in [0.15, 0.2) is 5.17 Å². The Bertz CT molecular complexity index is 809. The van der Waals surface area contributed by atoms with Crippen LogP contribution in [0.5, 0.6) is 0 Å². The molecule has 1 aromatic carbocycles. The molecule has 0 bridgehead atoms. The SMILES string of the molecule is O=C(NC(CO)C(=O)NC1=NCCS1)c1cnc2ccccc2c1. The molecule has 1 aromatic heterocycles. The van der Waals surface area contributed by atoms with Crippen LogP contribution in [-0.4, -0.2) is 52.0 Å². The topological polar surface area (TPSA) is 104 Å². The summed E-state index contributed by atoms with van der Waals surface area (Å²) < 4.78 is 0. The number of aromatic nitrogens is 1. The normalized spacial score (nSPS) is 15.0. The molecular formula is C16H16N4O3S. The van der Waals surface area contributed by atoms with E-state index in [0.29, 0.717) is 17.3 Å². The van der Waals surface area contributed by atoms with E-state index in [-0.39, 0.29) is 0 Å². The van der Waals surface area contributed by atoms with Gasteiger partial charge >= 0.3 is 0 Å². The maximum Gasteiger partial charge on any atom is 0.253 e. The minimum atomic E-state index is -1.05. The Morgan fingerprint density at radius 3 is 2.92 bits per heavy atom. The Morgan fingerprint density at radius 1 is 1.33 bits per heavy atom. The molecule has 1 atom stereocenters. The predicted molar refractivity (Wildman–Crippen MR) is 93.0 cm³/mol. The summed E-state index contributed by atoms with van der Waals surface area (Å²) in [6.07, 6.45) is 1.45. The second kappa shape index (κ2) is 7.41. The summed E-state index contributed by atoms with van der Waals surface area (Å²) in [6, 6.07) is 8.07. The number of aliphatic hydroxyl groups excluding tert-OH is 1. The number of pyridine rings is 1. The first kappa shape index (κ1) is 16.4. The van der Waals surface area contributed by atoms with Gasteiger partial charge in [-0.15, -0.1) is 0 Å². The third-order valence-corrected chi connectivity index (χ3v) is 4.36. The minimum absolute atomic E-state index is 0.326. The number of amides is 2. The van der Waals surface area contributed by atoms with Crippen molar-refractivity contribution >= 4 is 39.6 Å². The second-order valence-electron chi connectivity index (χ2n) is 5.15. The number of carbonyl (C=O) groups excluding carboxylic acids is 2. The number of nitrogens with one attached hydrogen (secondary N) is 2. The lowest BCUT2D eigenvalue weighted by Crippen LogP contribution is -2.49. The van der Waals surface area contributed by atoms with Crippen molar-refractivity contribution in [2.75, 3.05) is 18.9 Å². The third kappa shape index (κ3) is 3.72. The number of rotatable bonds is 4. The zero-order valence-corrected chi connectivity index (χ0v) is 13.5. The number of hydrogen-bond acceptors (Lipinski definition) is 6. The molecule has 3 rings (SSSR count). The average Bonchev–Trinajstić information content (AvgIpc) is 3.11. The second-order valence-corrected chi connectivity index (χ2v) is 6.23. The van der Waals surface area contributed by atoms with Crippen molar-refractivity contribution in [3.63, 3.8) is 0 Å². The van der Waals surface area contributed by atoms with Gasteiger partial charge in [0.25, 0.3) is 11.8 Å². The highest BCUT2D eigenvalue weighted by Gasteiger charge is 2.23. The molecule has 0 radical (unpaired) electrons. The zero-order chi connectivity index (χ0) is 16.9. The first-order valence-electron chi connectivity index (χ1n) is 7.42. The number of thioether (sulfide) groups is 1. The molecule has 0 aliphatic carbocycles. The molecule has 0 spiro atoms. The standard InChI is InChI=1S/C16H16N4O3S/c21-9-13(15(23)20-16-17-5-6-24-16)19-14(22)11-7-10-3-1-2-4-12(10)18-8-11/h1-4,7-8,13,21H,5-6,9H2,(H,19,22)(H,17,20,23). The van der Waals surface area contributed by atoms with Gasteiger partial charge in [-0.2, -0.15) is 0 Å². The summed E-state index contributed by atoms with van der Waals surface area (Å²) >= 11 is 1.43. The molecule has 3 N–H and O–H groups in total. The van der Waals surface area contributed by atoms with Crippen LogP contribution >= 0.6 is 11.8 Å². The monoisotopic (exact) mass is 344 g/mol. The van der Waals surface area contributed by atoms with E-state index in [9.17, 15) is 14.7 Å². The van der Waals surface area contributed by atoms with E-state index in [0.717, 1.165) is 16.7 Å². The van der Waals surface area contributed by atoms with E-state index in [1.807, 2.05) is 24.3 Å². The summed E-state index contributed by atoms with van der Waals surface area (Å²) in [7, 11) is 0. The number of benzene rings is 1. The fourth-order valence-electron chi connectivity index (χ4n) is 2.23. The number of carbonyl (C=O) groups is 2. The molecule has 8 heteroatoms. The number of para-hydroxylation sites is 1. The largest absolute Gasteiger partial charge is 0.394 e. The fourth-order valence-corrected chi connectivity index (χ4v) is 2.97. The molecule has 7 nitrogen and oxygen atoms in total. The van der Waals surface area contributed by atoms with Crippen LogP contribution in [0.1, 0.15) is 10.4 Å². The van der Waals surface area contributed by atoms with Crippen molar-refractivity contribution in [2.45, 2.75) is 6.04 Å². The van der Waals surface area contributed by atoms with Crippen LogP contribution in [0.2, 0.25) is 0 Å². The van der Waals surface area contributed by atoms with E-state index in [1.54, 1.807) is 6.07 Å². The number of hydrogen-bond donors (Lipinski definition) is 3. The Hall–Kier alpha value is -2.45. The third-order valence-electron chi connectivity index (χ3n) is 3.47. The molecular weight excluding hydrogens is 328 g/mol. The smallest absolute Gasteiger partial charge is 0.253 e. The summed E-state index contributed by atoms with van der Waals surface area (Å²) in [5.74, 6) is -0.148. The molecule has 1 unspecified atom stereocenters. The van der Waals surface area contributed by atoms with Gasteiger partial charge in [-0.3, -0.25) is 19.6 Å². The fraction of sp³-hybridized carbons (Fsp3) is 0.250. The van der Waals surface area contributed by atoms with Crippen LogP contribution in [0.15, 0.2) is 41.5 Å². The number of aliphatic imine (C=N–C) groups is 1. The van der Waals surface area contributed by atoms with Gasteiger partial charge in [0.2, 0.25) is 0 Å². The molecule has 2 aromatic rings. The van der Waals surface area contributed by atoms with Gasteiger partial charge in [0.1, 0.15) is 6.04 Å². The molecule has 0 fully saturated rings. The highest BCUT2D eigenvalue weighted by molar-refractivity contribution is 8.14. The summed E-state index contributed by atoms with van der Waals surface area (Å²) in [5.41, 5.74) is 1.11. The summed E-state index contributed by atoms with van der Waals surface area (Å²) in [4.78, 5) is 32.8. The molecule has 124 valence electrons. The number of fused-ring (bicyclic) bond motifs is 1. The number of aliphatic hydroxyl groups is 1. The van der Waals surface area contributed by atoms with Gasteiger partial charge in [-0.25, -0.2) is 0 Å². The van der Waals surface area contributed by atoms with Gasteiger partial charge in [0, 0.05) is 17.3 Å². The van der Waals surface area contributed by atoms with Crippen molar-refractivity contribution in [3.05, 3.63) is 42.1 Å². The Balaban J connectivity index is 1.69. The summed E-state index contributed by atoms with van der Waals surface area (Å²) in [6.45, 7) is 0.149. The van der Waals surface area contributed by atoms with Crippen molar-refractivity contribution in [3.8, 4) is 0 Å². The quantitative estimate of drug-likeness (QED) is 0.751. The Morgan fingerprint density at radius 2 is 2.17 bits per heavy atom. The number of nitrogens with zero attached hydrogens (tertiary/aromatic N) is 2. The first-order chi connectivity index (χ1) is 11.7. The molecule has 0 saturated carbocycles. The van der Waals surface area contributed by atoms with Gasteiger partial charge < -0.3 is 15.7 Å². The lowest BCUT2D eigenvalue weighted by atomic mass is 10.1. The van der Waals surface area contributed by atoms with Crippen LogP contribution in [0.25, 0.3) is 10.9 Å². The van der Waals surface area contributed by atoms with Crippen LogP contribution in [0.4, 0.5) is 0 Å². The lowest BCUT2D eigenvalue weighted by molar-refractivity contribution is -0.122. The van der Waals surface area contributed by atoms with Gasteiger partial charge in [0.05, 0.1) is 24.2 Å². The molecule has 2 heterocycles. The van der Waals surface area contributed by atoms with E-state index in [4.69, 9.17) is 0 Å². The van der Waals surface area contributed by atoms with Crippen molar-refractivity contribution in [1.82, 2.24) is 15.6 Å². The maximum absolute atomic E-state index is 12.3. The van der Waals surface area contributed by atoms with Crippen molar-refractivity contribution < 1.29 is 14.7 Å². The van der Waals surface area contributed by atoms with Crippen LogP contribution in [-0.2, 0) is 4.79 Å². The molecule has 1 aliphatic rings. The molecule has 1 aliphatic heterocycles. The lowest BCUT2D eigenvalue weighted by Gasteiger charge is -2.16. The van der Waals surface area contributed by atoms with Gasteiger partial charge in [-0.1, -0.05) is 30.0 Å². The molecule has 0 saturated heterocycles. The number of amidine groups is 1. The van der Waals surface area contributed by atoms with Crippen LogP contribution in [0.3, 0.4) is 0 Å². The van der Waals surface area contributed by atoms with Crippen molar-refractivity contribution in [2.24, 2.45) is 4.99 Å². The highest BCUT2D eigenvalue weighted by Crippen LogP contribution is 2.13. The minimum Gasteiger partial charge on any atom is -0.394 e. The predicted octanol–water partition coefficient (Wildman–Crippen LogP) is 0.545. The summed E-state index contributed by atoms with van der Waals surface area (Å²) in [5, 5.41) is 15.9. The van der Waals surface area contributed by atoms with E-state index >= 15 is 0 Å². The van der Waals surface area contributed by atoms with Crippen LogP contribution < -0.4 is 10.6 Å². The molecule has 2 amide bonds. The Labute approximate surface area is 142 Å². The first-order valence-corrected chi connectivity index (χ1v) is 8.40. The van der Waals surface area contributed by atoms with E-state index < -0.39 is 24.5 Å².